The summed E-state index contributed by atoms with van der Waals surface area (Å²) in [6.07, 6.45) is 10.4. The number of imide groups is 1. The van der Waals surface area contributed by atoms with E-state index in [1.54, 1.807) is 12.1 Å². The van der Waals surface area contributed by atoms with Crippen LogP contribution in [-0.2, 0) is 34.1 Å². The fraction of sp³-hybridized carbons (Fsp3) is 0.581. The molecule has 8 rings (SSSR count). The molecule has 8 nitrogen and oxygen atoms in total. The Morgan fingerprint density at radius 1 is 0.949 bits per heavy atom. The van der Waals surface area contributed by atoms with E-state index < -0.39 is 11.9 Å². The van der Waals surface area contributed by atoms with Crippen LogP contribution in [-0.4, -0.2) is 35.3 Å². The van der Waals surface area contributed by atoms with E-state index in [0.29, 0.717) is 35.5 Å². The highest BCUT2D eigenvalue weighted by atomic mass is 16.5. The summed E-state index contributed by atoms with van der Waals surface area (Å²) in [7, 11) is 0. The molecule has 3 heterocycles. The molecule has 2 aromatic rings. The number of ether oxygens (including phenoxy) is 2. The SMILES string of the molecule is O=C1CCC(N2Cc3c(OCc4ccc(COCCC56CC7CC(CC(C7)C5)C6)o4)cccc3C2=O)C(=O)N1. The molecular weight excluding hydrogens is 496 g/mol. The molecule has 206 valence electrons. The van der Waals surface area contributed by atoms with E-state index in [4.69, 9.17) is 13.9 Å². The van der Waals surface area contributed by atoms with E-state index in [-0.39, 0.29) is 31.4 Å². The standard InChI is InChI=1S/C31H36N2O6/c34-28-7-6-26(29(35)32-28)33-16-25-24(30(33)36)2-1-3-27(25)38-18-23-5-4-22(39-23)17-37-9-8-31-13-19-10-20(14-31)12-21(11-19)15-31/h1-5,19-21,26H,6-18H2,(H,32,34,35). The Bertz CT molecular complexity index is 1260. The number of fused-ring (bicyclic) bond motifs is 1. The number of carbonyl (C=O) groups excluding carboxylic acids is 3. The number of benzene rings is 1. The van der Waals surface area contributed by atoms with Crippen LogP contribution in [0.5, 0.6) is 5.75 Å². The zero-order valence-corrected chi connectivity index (χ0v) is 22.3. The molecule has 5 fully saturated rings. The molecule has 4 saturated carbocycles. The van der Waals surface area contributed by atoms with Gasteiger partial charge in [0.25, 0.3) is 5.91 Å². The van der Waals surface area contributed by atoms with E-state index in [2.05, 4.69) is 5.32 Å². The number of hydrogen-bond donors (Lipinski definition) is 1. The molecule has 1 aromatic carbocycles. The second-order valence-corrected chi connectivity index (χ2v) is 12.6. The minimum absolute atomic E-state index is 0.212. The Morgan fingerprint density at radius 2 is 1.67 bits per heavy atom. The van der Waals surface area contributed by atoms with Gasteiger partial charge in [0.05, 0.1) is 6.54 Å². The number of nitrogens with zero attached hydrogens (tertiary/aromatic N) is 1. The Hall–Kier alpha value is -3.13. The quantitative estimate of drug-likeness (QED) is 0.370. The number of amides is 3. The van der Waals surface area contributed by atoms with E-state index in [1.807, 2.05) is 18.2 Å². The van der Waals surface area contributed by atoms with E-state index in [1.165, 1.54) is 49.8 Å². The summed E-state index contributed by atoms with van der Waals surface area (Å²) in [6, 6.07) is 8.56. The van der Waals surface area contributed by atoms with Crippen molar-refractivity contribution in [2.75, 3.05) is 6.61 Å². The summed E-state index contributed by atoms with van der Waals surface area (Å²) in [5, 5.41) is 2.34. The van der Waals surface area contributed by atoms with Crippen molar-refractivity contribution < 1.29 is 28.3 Å². The first-order valence-corrected chi connectivity index (χ1v) is 14.5. The third-order valence-electron chi connectivity index (χ3n) is 9.81. The van der Waals surface area contributed by atoms with Crippen molar-refractivity contribution >= 4 is 17.7 Å². The van der Waals surface area contributed by atoms with Crippen molar-refractivity contribution in [3.63, 3.8) is 0 Å². The number of piperidine rings is 1. The first kappa shape index (κ1) is 24.9. The number of nitrogens with one attached hydrogen (secondary N) is 1. The lowest BCUT2D eigenvalue weighted by molar-refractivity contribution is -0.136. The van der Waals surface area contributed by atoms with Crippen molar-refractivity contribution in [2.45, 2.75) is 83.6 Å². The average molecular weight is 533 g/mol. The molecule has 0 radical (unpaired) electrons. The largest absolute Gasteiger partial charge is 0.485 e. The number of carbonyl (C=O) groups is 3. The monoisotopic (exact) mass is 532 g/mol. The summed E-state index contributed by atoms with van der Waals surface area (Å²) in [5.74, 6) is 4.05. The van der Waals surface area contributed by atoms with Crippen molar-refractivity contribution in [1.29, 1.82) is 0 Å². The molecule has 6 aliphatic rings. The molecule has 8 heteroatoms. The highest BCUT2D eigenvalue weighted by molar-refractivity contribution is 6.05. The lowest BCUT2D eigenvalue weighted by Crippen LogP contribution is -2.52. The highest BCUT2D eigenvalue weighted by Gasteiger charge is 2.50. The topological polar surface area (TPSA) is 98.1 Å². The van der Waals surface area contributed by atoms with Crippen LogP contribution in [0.2, 0.25) is 0 Å². The third kappa shape index (κ3) is 4.77. The lowest BCUT2D eigenvalue weighted by Gasteiger charge is -2.57. The van der Waals surface area contributed by atoms with Crippen molar-refractivity contribution in [1.82, 2.24) is 10.2 Å². The van der Waals surface area contributed by atoms with Gasteiger partial charge in [0.1, 0.15) is 36.5 Å². The number of hydrogen-bond acceptors (Lipinski definition) is 6. The van der Waals surface area contributed by atoms with Gasteiger partial charge in [0.15, 0.2) is 0 Å². The predicted octanol–water partition coefficient (Wildman–Crippen LogP) is 4.74. The fourth-order valence-electron chi connectivity index (χ4n) is 8.48. The van der Waals surface area contributed by atoms with Gasteiger partial charge in [-0.2, -0.15) is 0 Å². The zero-order valence-electron chi connectivity index (χ0n) is 22.3. The Balaban J connectivity index is 0.917. The van der Waals surface area contributed by atoms with Gasteiger partial charge in [-0.25, -0.2) is 0 Å². The molecule has 1 saturated heterocycles. The molecule has 3 amide bonds. The molecular formula is C31H36N2O6. The fourth-order valence-corrected chi connectivity index (χ4v) is 8.48. The Morgan fingerprint density at radius 3 is 2.38 bits per heavy atom. The van der Waals surface area contributed by atoms with Crippen LogP contribution in [0.1, 0.15) is 85.2 Å². The Labute approximate surface area is 228 Å². The molecule has 1 unspecified atom stereocenters. The minimum atomic E-state index is -0.647. The summed E-state index contributed by atoms with van der Waals surface area (Å²) in [4.78, 5) is 38.4. The van der Waals surface area contributed by atoms with Gasteiger partial charge in [-0.15, -0.1) is 0 Å². The summed E-state index contributed by atoms with van der Waals surface area (Å²) in [6.45, 7) is 1.75. The van der Waals surface area contributed by atoms with Crippen LogP contribution >= 0.6 is 0 Å². The van der Waals surface area contributed by atoms with Gasteiger partial charge in [0.2, 0.25) is 11.8 Å². The van der Waals surface area contributed by atoms with Gasteiger partial charge < -0.3 is 18.8 Å². The smallest absolute Gasteiger partial charge is 0.255 e. The first-order chi connectivity index (χ1) is 18.9. The maximum atomic E-state index is 13.0. The minimum Gasteiger partial charge on any atom is -0.485 e. The molecule has 4 bridgehead atoms. The van der Waals surface area contributed by atoms with Crippen LogP contribution in [0.15, 0.2) is 34.7 Å². The molecule has 1 aromatic heterocycles. The highest BCUT2D eigenvalue weighted by Crippen LogP contribution is 2.61. The number of furan rings is 1. The van der Waals surface area contributed by atoms with E-state index in [0.717, 1.165) is 35.7 Å². The average Bonchev–Trinajstić information content (AvgIpc) is 3.49. The molecule has 4 aliphatic carbocycles. The second kappa shape index (κ2) is 9.81. The van der Waals surface area contributed by atoms with Gasteiger partial charge in [-0.1, -0.05) is 6.07 Å². The normalized spacial score (nSPS) is 31.1. The molecule has 2 aliphatic heterocycles. The van der Waals surface area contributed by atoms with Gasteiger partial charge >= 0.3 is 0 Å². The third-order valence-corrected chi connectivity index (χ3v) is 9.81. The van der Waals surface area contributed by atoms with Crippen LogP contribution in [0.4, 0.5) is 0 Å². The van der Waals surface area contributed by atoms with Crippen LogP contribution < -0.4 is 10.1 Å². The summed E-state index contributed by atoms with van der Waals surface area (Å²) >= 11 is 0. The van der Waals surface area contributed by atoms with Gasteiger partial charge in [0, 0.05) is 24.2 Å². The van der Waals surface area contributed by atoms with Crippen LogP contribution in [0.3, 0.4) is 0 Å². The van der Waals surface area contributed by atoms with Crippen molar-refractivity contribution in [2.24, 2.45) is 23.2 Å². The maximum absolute atomic E-state index is 13.0. The summed E-state index contributed by atoms with van der Waals surface area (Å²) < 4.78 is 18.1. The number of rotatable bonds is 9. The van der Waals surface area contributed by atoms with Crippen molar-refractivity contribution in [3.8, 4) is 5.75 Å². The van der Waals surface area contributed by atoms with Crippen LogP contribution in [0, 0.1) is 23.2 Å². The molecule has 0 spiro atoms. The van der Waals surface area contributed by atoms with E-state index >= 15 is 0 Å². The van der Waals surface area contributed by atoms with Crippen LogP contribution in [0.25, 0.3) is 0 Å². The van der Waals surface area contributed by atoms with Crippen molar-refractivity contribution in [3.05, 3.63) is 53.0 Å². The first-order valence-electron chi connectivity index (χ1n) is 14.5. The Kier molecular flexibility index (Phi) is 6.26. The summed E-state index contributed by atoms with van der Waals surface area (Å²) in [5.41, 5.74) is 1.82. The maximum Gasteiger partial charge on any atom is 0.255 e. The molecule has 39 heavy (non-hydrogen) atoms. The van der Waals surface area contributed by atoms with E-state index in [9.17, 15) is 14.4 Å². The van der Waals surface area contributed by atoms with Gasteiger partial charge in [-0.05, 0) is 98.8 Å². The van der Waals surface area contributed by atoms with Gasteiger partial charge in [-0.3, -0.25) is 19.7 Å². The second-order valence-electron chi connectivity index (χ2n) is 12.6. The lowest BCUT2D eigenvalue weighted by atomic mass is 9.49. The zero-order chi connectivity index (χ0) is 26.6. The predicted molar refractivity (Wildman–Crippen MR) is 140 cm³/mol. The molecule has 1 atom stereocenters. The molecule has 1 N–H and O–H groups in total.